The number of nitrogens with zero attached hydrogens (tertiary/aromatic N) is 2. The number of likely N-dealkylation sites (tertiary alicyclic amines) is 1. The molecular weight excluding hydrogens is 320 g/mol. The van der Waals surface area contributed by atoms with E-state index in [9.17, 15) is 14.4 Å². The Kier molecular flexibility index (Phi) is 4.61. The van der Waals surface area contributed by atoms with E-state index in [4.69, 9.17) is 16.3 Å². The topological polar surface area (TPSA) is 76.6 Å². The zero-order valence-electron chi connectivity index (χ0n) is 12.5. The van der Waals surface area contributed by atoms with E-state index in [1.54, 1.807) is 12.1 Å². The molecule has 0 radical (unpaired) electrons. The van der Waals surface area contributed by atoms with Gasteiger partial charge in [0.2, 0.25) is 11.8 Å². The molecule has 0 aromatic carbocycles. The van der Waals surface area contributed by atoms with Crippen LogP contribution < -0.4 is 0 Å². The van der Waals surface area contributed by atoms with Gasteiger partial charge in [0.15, 0.2) is 0 Å². The fourth-order valence-corrected chi connectivity index (χ4v) is 3.33. The number of hydrogen-bond donors (Lipinski definition) is 0. The van der Waals surface area contributed by atoms with E-state index in [2.05, 4.69) is 4.98 Å². The molecule has 0 bridgehead atoms. The highest BCUT2D eigenvalue weighted by Crippen LogP contribution is 2.37. The van der Waals surface area contributed by atoms with Gasteiger partial charge in [0, 0.05) is 11.8 Å². The Bertz CT molecular complexity index is 607. The van der Waals surface area contributed by atoms with Crippen molar-refractivity contribution in [3.05, 3.63) is 29.0 Å². The van der Waals surface area contributed by atoms with Crippen molar-refractivity contribution in [1.82, 2.24) is 9.88 Å². The molecule has 1 aromatic heterocycles. The molecule has 1 aliphatic carbocycles. The molecule has 2 heterocycles. The number of rotatable bonds is 4. The summed E-state index contributed by atoms with van der Waals surface area (Å²) in [4.78, 5) is 41.4. The Balaban J connectivity index is 1.56. The fraction of sp³-hybridized carbons (Fsp3) is 0.500. The maximum atomic E-state index is 12.3. The van der Waals surface area contributed by atoms with Crippen LogP contribution in [-0.4, -0.2) is 34.2 Å². The lowest BCUT2D eigenvalue weighted by atomic mass is 9.81. The number of amides is 2. The number of esters is 1. The van der Waals surface area contributed by atoms with Gasteiger partial charge in [-0.25, -0.2) is 4.98 Å². The quantitative estimate of drug-likeness (QED) is 0.477. The third kappa shape index (κ3) is 3.37. The van der Waals surface area contributed by atoms with Crippen LogP contribution in [0.1, 0.15) is 31.2 Å². The van der Waals surface area contributed by atoms with Crippen molar-refractivity contribution >= 4 is 29.4 Å². The van der Waals surface area contributed by atoms with Gasteiger partial charge < -0.3 is 4.74 Å². The van der Waals surface area contributed by atoms with Crippen LogP contribution in [0.4, 0.5) is 0 Å². The monoisotopic (exact) mass is 336 g/mol. The summed E-state index contributed by atoms with van der Waals surface area (Å²) in [6, 6.07) is 3.30. The predicted molar refractivity (Wildman–Crippen MR) is 81.2 cm³/mol. The molecule has 1 aliphatic heterocycles. The van der Waals surface area contributed by atoms with Gasteiger partial charge in [0.25, 0.3) is 0 Å². The molecule has 6 nitrogen and oxygen atoms in total. The first-order chi connectivity index (χ1) is 11.1. The van der Waals surface area contributed by atoms with Crippen LogP contribution in [0.25, 0.3) is 0 Å². The summed E-state index contributed by atoms with van der Waals surface area (Å²) < 4.78 is 5.11. The van der Waals surface area contributed by atoms with Crippen molar-refractivity contribution in [3.63, 3.8) is 0 Å². The molecule has 2 fully saturated rings. The molecular formula is C16H17ClN2O4. The van der Waals surface area contributed by atoms with E-state index in [-0.39, 0.29) is 36.8 Å². The highest BCUT2D eigenvalue weighted by atomic mass is 35.5. The van der Waals surface area contributed by atoms with Gasteiger partial charge in [-0.1, -0.05) is 30.5 Å². The summed E-state index contributed by atoms with van der Waals surface area (Å²) in [6.07, 6.45) is 4.90. The van der Waals surface area contributed by atoms with Crippen LogP contribution in [0.2, 0.25) is 5.15 Å². The Labute approximate surface area is 138 Å². The van der Waals surface area contributed by atoms with Gasteiger partial charge in [-0.2, -0.15) is 0 Å². The van der Waals surface area contributed by atoms with Crippen molar-refractivity contribution in [2.24, 2.45) is 11.8 Å². The predicted octanol–water partition coefficient (Wildman–Crippen LogP) is 1.95. The van der Waals surface area contributed by atoms with Crippen molar-refractivity contribution in [3.8, 4) is 0 Å². The number of halogens is 1. The largest absolute Gasteiger partial charge is 0.459 e. The van der Waals surface area contributed by atoms with E-state index >= 15 is 0 Å². The maximum Gasteiger partial charge on any atom is 0.326 e. The zero-order chi connectivity index (χ0) is 16.4. The standard InChI is InChI=1S/C16H17ClN2O4/c17-13-6-5-10(7-18-13)9-23-14(20)8-19-15(21)11-3-1-2-4-12(11)16(19)22/h5-7,11-12H,1-4,8-9H2. The van der Waals surface area contributed by atoms with E-state index in [0.29, 0.717) is 10.7 Å². The Morgan fingerprint density at radius 2 is 1.87 bits per heavy atom. The van der Waals surface area contributed by atoms with Gasteiger partial charge in [-0.05, 0) is 18.9 Å². The number of hydrogen-bond acceptors (Lipinski definition) is 5. The van der Waals surface area contributed by atoms with Crippen LogP contribution in [0.3, 0.4) is 0 Å². The van der Waals surface area contributed by atoms with Crippen molar-refractivity contribution in [2.75, 3.05) is 6.54 Å². The minimum absolute atomic E-state index is 0.0338. The maximum absolute atomic E-state index is 12.3. The van der Waals surface area contributed by atoms with E-state index in [0.717, 1.165) is 30.6 Å². The lowest BCUT2D eigenvalue weighted by Crippen LogP contribution is -2.36. The first kappa shape index (κ1) is 15.9. The molecule has 2 amide bonds. The highest BCUT2D eigenvalue weighted by molar-refractivity contribution is 6.29. The summed E-state index contributed by atoms with van der Waals surface area (Å²) in [7, 11) is 0. The van der Waals surface area contributed by atoms with E-state index < -0.39 is 5.97 Å². The number of carbonyl (C=O) groups excluding carboxylic acids is 3. The average Bonchev–Trinajstić information content (AvgIpc) is 2.80. The molecule has 1 saturated heterocycles. The lowest BCUT2D eigenvalue weighted by Gasteiger charge is -2.19. The van der Waals surface area contributed by atoms with Gasteiger partial charge in [0.1, 0.15) is 18.3 Å². The van der Waals surface area contributed by atoms with Crippen molar-refractivity contribution in [2.45, 2.75) is 32.3 Å². The number of ether oxygens (including phenoxy) is 1. The second-order valence-corrected chi connectivity index (χ2v) is 6.30. The number of imide groups is 1. The minimum atomic E-state index is -0.597. The molecule has 3 rings (SSSR count). The lowest BCUT2D eigenvalue weighted by molar-refractivity contribution is -0.153. The molecule has 23 heavy (non-hydrogen) atoms. The van der Waals surface area contributed by atoms with Gasteiger partial charge in [-0.15, -0.1) is 0 Å². The van der Waals surface area contributed by atoms with Gasteiger partial charge >= 0.3 is 5.97 Å². The van der Waals surface area contributed by atoms with Crippen LogP contribution >= 0.6 is 11.6 Å². The molecule has 0 N–H and O–H groups in total. The first-order valence-electron chi connectivity index (χ1n) is 7.67. The smallest absolute Gasteiger partial charge is 0.326 e. The minimum Gasteiger partial charge on any atom is -0.459 e. The molecule has 2 unspecified atom stereocenters. The Morgan fingerprint density at radius 1 is 1.22 bits per heavy atom. The SMILES string of the molecule is O=C(CN1C(=O)C2CCCCC2C1=O)OCc1ccc(Cl)nc1. The Hall–Kier alpha value is -1.95. The summed E-state index contributed by atoms with van der Waals surface area (Å²) in [5.41, 5.74) is 0.690. The summed E-state index contributed by atoms with van der Waals surface area (Å²) in [6.45, 7) is -0.280. The average molecular weight is 337 g/mol. The second kappa shape index (κ2) is 6.66. The summed E-state index contributed by atoms with van der Waals surface area (Å²) >= 11 is 5.68. The number of carbonyl (C=O) groups is 3. The van der Waals surface area contributed by atoms with E-state index in [1.165, 1.54) is 6.20 Å². The third-order valence-corrected chi connectivity index (χ3v) is 4.63. The first-order valence-corrected chi connectivity index (χ1v) is 8.05. The number of pyridine rings is 1. The molecule has 2 aliphatic rings. The Morgan fingerprint density at radius 3 is 2.43 bits per heavy atom. The molecule has 7 heteroatoms. The summed E-state index contributed by atoms with van der Waals surface area (Å²) in [5.74, 6) is -1.55. The van der Waals surface area contributed by atoms with Crippen LogP contribution in [-0.2, 0) is 25.7 Å². The third-order valence-electron chi connectivity index (χ3n) is 4.41. The molecule has 122 valence electrons. The second-order valence-electron chi connectivity index (χ2n) is 5.91. The van der Waals surface area contributed by atoms with Crippen molar-refractivity contribution < 1.29 is 19.1 Å². The molecule has 1 aromatic rings. The molecule has 2 atom stereocenters. The van der Waals surface area contributed by atoms with Gasteiger partial charge in [-0.3, -0.25) is 19.3 Å². The fourth-order valence-electron chi connectivity index (χ4n) is 3.22. The van der Waals surface area contributed by atoms with Crippen molar-refractivity contribution in [1.29, 1.82) is 0 Å². The van der Waals surface area contributed by atoms with Crippen LogP contribution in [0.15, 0.2) is 18.3 Å². The van der Waals surface area contributed by atoms with Crippen LogP contribution in [0.5, 0.6) is 0 Å². The normalized spacial score (nSPS) is 23.8. The van der Waals surface area contributed by atoms with Crippen LogP contribution in [0, 0.1) is 11.8 Å². The molecule has 1 saturated carbocycles. The molecule has 0 spiro atoms. The summed E-state index contributed by atoms with van der Waals surface area (Å²) in [5, 5.41) is 0.357. The number of aromatic nitrogens is 1. The van der Waals surface area contributed by atoms with Gasteiger partial charge in [0.05, 0.1) is 11.8 Å². The van der Waals surface area contributed by atoms with E-state index in [1.807, 2.05) is 0 Å². The highest BCUT2D eigenvalue weighted by Gasteiger charge is 2.48. The number of fused-ring (bicyclic) bond motifs is 1. The zero-order valence-corrected chi connectivity index (χ0v) is 13.3.